The van der Waals surface area contributed by atoms with Gasteiger partial charge in [-0.25, -0.2) is 23.1 Å². The highest BCUT2D eigenvalue weighted by atomic mass is 35.5. The van der Waals surface area contributed by atoms with E-state index in [1.807, 2.05) is 5.32 Å². The zero-order valence-corrected chi connectivity index (χ0v) is 21.3. The van der Waals surface area contributed by atoms with Gasteiger partial charge in [0.25, 0.3) is 0 Å². The highest BCUT2D eigenvalue weighted by molar-refractivity contribution is 6.35. The highest BCUT2D eigenvalue weighted by Gasteiger charge is 2.31. The van der Waals surface area contributed by atoms with Crippen LogP contribution in [0.5, 0.6) is 0 Å². The molecule has 0 saturated carbocycles. The lowest BCUT2D eigenvalue weighted by atomic mass is 10.1. The van der Waals surface area contributed by atoms with Crippen molar-refractivity contribution in [3.05, 3.63) is 70.6 Å². The van der Waals surface area contributed by atoms with E-state index in [1.165, 1.54) is 18.5 Å². The van der Waals surface area contributed by atoms with E-state index < -0.39 is 35.1 Å². The predicted octanol–water partition coefficient (Wildman–Crippen LogP) is 5.41. The third-order valence-electron chi connectivity index (χ3n) is 6.31. The maximum Gasteiger partial charge on any atom is 0.416 e. The Morgan fingerprint density at radius 3 is 2.48 bits per heavy atom. The molecule has 1 aliphatic heterocycles. The monoisotopic (exact) mass is 581 g/mol. The van der Waals surface area contributed by atoms with Crippen molar-refractivity contribution in [2.24, 2.45) is 0 Å². The SMILES string of the molecule is Nc1ncnn2c(CN3CCOCC3)c(Cl)c(-c3ccc(NC(=O)Nc4cc(C(F)(F)F)ccc4F)c(F)c3)c12. The van der Waals surface area contributed by atoms with E-state index in [9.17, 15) is 22.4 Å². The van der Waals surface area contributed by atoms with Crippen molar-refractivity contribution in [2.45, 2.75) is 12.7 Å². The molecule has 40 heavy (non-hydrogen) atoms. The molecule has 4 aromatic rings. The van der Waals surface area contributed by atoms with Gasteiger partial charge in [0.1, 0.15) is 23.5 Å². The first-order valence-corrected chi connectivity index (χ1v) is 12.2. The second-order valence-corrected chi connectivity index (χ2v) is 9.27. The van der Waals surface area contributed by atoms with Gasteiger partial charge in [0, 0.05) is 25.2 Å². The summed E-state index contributed by atoms with van der Waals surface area (Å²) in [6.45, 7) is 2.92. The minimum absolute atomic E-state index is 0.116. The van der Waals surface area contributed by atoms with Crippen LogP contribution in [0.4, 0.5) is 43.9 Å². The van der Waals surface area contributed by atoms with Crippen LogP contribution in [0.1, 0.15) is 11.3 Å². The number of aromatic nitrogens is 3. The topological polar surface area (TPSA) is 110 Å². The molecule has 2 aromatic heterocycles. The van der Waals surface area contributed by atoms with Crippen LogP contribution in [-0.4, -0.2) is 51.8 Å². The van der Waals surface area contributed by atoms with E-state index in [0.29, 0.717) is 73.4 Å². The maximum atomic E-state index is 15.1. The van der Waals surface area contributed by atoms with E-state index >= 15 is 4.39 Å². The van der Waals surface area contributed by atoms with Gasteiger partial charge in [-0.05, 0) is 35.9 Å². The number of ether oxygens (including phenoxy) is 1. The van der Waals surface area contributed by atoms with Gasteiger partial charge in [0.15, 0.2) is 5.82 Å². The zero-order valence-electron chi connectivity index (χ0n) is 20.5. The minimum Gasteiger partial charge on any atom is -0.382 e. The molecule has 9 nitrogen and oxygen atoms in total. The lowest BCUT2D eigenvalue weighted by Crippen LogP contribution is -2.36. The number of nitrogens with two attached hydrogens (primary N) is 1. The third kappa shape index (κ3) is 5.50. The number of benzene rings is 2. The molecule has 15 heteroatoms. The lowest BCUT2D eigenvalue weighted by Gasteiger charge is -2.26. The first-order chi connectivity index (χ1) is 19.0. The number of fused-ring (bicyclic) bond motifs is 1. The summed E-state index contributed by atoms with van der Waals surface area (Å²) in [4.78, 5) is 18.5. The molecule has 0 atom stereocenters. The van der Waals surface area contributed by atoms with Crippen molar-refractivity contribution in [2.75, 3.05) is 42.7 Å². The molecule has 4 N–H and O–H groups in total. The molecule has 3 heterocycles. The summed E-state index contributed by atoms with van der Waals surface area (Å²) in [5.41, 5.74) is 5.62. The number of nitrogens with one attached hydrogen (secondary N) is 2. The molecule has 0 spiro atoms. The number of carbonyl (C=O) groups is 1. The summed E-state index contributed by atoms with van der Waals surface area (Å²) in [7, 11) is 0. The van der Waals surface area contributed by atoms with Crippen molar-refractivity contribution in [1.82, 2.24) is 19.5 Å². The Hall–Kier alpha value is -4.01. The first-order valence-electron chi connectivity index (χ1n) is 11.9. The molecule has 2 aromatic carbocycles. The number of nitrogen functional groups attached to an aromatic ring is 1. The standard InChI is InChI=1S/C25H21ClF5N7O2/c26-21-19(11-37-5-7-40-8-6-37)38-22(23(32)33-12-34-38)20(21)13-1-4-17(16(28)9-13)35-24(39)36-18-10-14(25(29,30)31)2-3-15(18)27/h1-4,9-10,12H,5-8,11H2,(H2,32,33,34)(H2,35,36,39). The van der Waals surface area contributed by atoms with Crippen LogP contribution >= 0.6 is 11.6 Å². The number of halogens is 6. The number of alkyl halides is 3. The average molecular weight is 582 g/mol. The molecule has 1 fully saturated rings. The van der Waals surface area contributed by atoms with Crippen molar-refractivity contribution in [1.29, 1.82) is 0 Å². The Morgan fingerprint density at radius 2 is 1.77 bits per heavy atom. The Labute approximate surface area is 228 Å². The number of urea groups is 1. The van der Waals surface area contributed by atoms with Gasteiger partial charge in [-0.3, -0.25) is 4.90 Å². The van der Waals surface area contributed by atoms with Gasteiger partial charge in [-0.15, -0.1) is 0 Å². The summed E-state index contributed by atoms with van der Waals surface area (Å²) >= 11 is 6.78. The fraction of sp³-hybridized carbons (Fsp3) is 0.240. The van der Waals surface area contributed by atoms with Gasteiger partial charge < -0.3 is 21.1 Å². The molecule has 0 aliphatic carbocycles. The quantitative estimate of drug-likeness (QED) is 0.272. The smallest absolute Gasteiger partial charge is 0.382 e. The summed E-state index contributed by atoms with van der Waals surface area (Å²) in [5, 5.41) is 8.70. The normalized spacial score (nSPS) is 14.4. The Kier molecular flexibility index (Phi) is 7.49. The Balaban J connectivity index is 1.42. The molecular weight excluding hydrogens is 561 g/mol. The molecule has 0 bridgehead atoms. The van der Waals surface area contributed by atoms with Gasteiger partial charge >= 0.3 is 12.2 Å². The summed E-state index contributed by atoms with van der Waals surface area (Å²) in [5.74, 6) is -1.87. The van der Waals surface area contributed by atoms with E-state index in [-0.39, 0.29) is 16.5 Å². The first kappa shape index (κ1) is 27.6. The number of carbonyl (C=O) groups excluding carboxylic acids is 1. The van der Waals surface area contributed by atoms with Crippen molar-refractivity contribution < 1.29 is 31.5 Å². The van der Waals surface area contributed by atoms with E-state index in [4.69, 9.17) is 22.1 Å². The number of anilines is 3. The second-order valence-electron chi connectivity index (χ2n) is 8.90. The number of morpholine rings is 1. The van der Waals surface area contributed by atoms with Gasteiger partial charge in [0.2, 0.25) is 0 Å². The third-order valence-corrected chi connectivity index (χ3v) is 6.72. The molecule has 210 valence electrons. The van der Waals surface area contributed by atoms with E-state index in [0.717, 1.165) is 6.07 Å². The van der Waals surface area contributed by atoms with Gasteiger partial charge in [-0.1, -0.05) is 17.7 Å². The fourth-order valence-electron chi connectivity index (χ4n) is 4.36. The summed E-state index contributed by atoms with van der Waals surface area (Å²) in [6, 6.07) is 4.20. The Morgan fingerprint density at radius 1 is 1.05 bits per heavy atom. The van der Waals surface area contributed by atoms with Gasteiger partial charge in [-0.2, -0.15) is 18.3 Å². The number of rotatable bonds is 5. The van der Waals surface area contributed by atoms with Crippen LogP contribution in [0, 0.1) is 11.6 Å². The predicted molar refractivity (Wildman–Crippen MR) is 138 cm³/mol. The minimum atomic E-state index is -4.75. The van der Waals surface area contributed by atoms with Crippen LogP contribution in [0.3, 0.4) is 0 Å². The second kappa shape index (κ2) is 10.9. The maximum absolute atomic E-state index is 15.1. The van der Waals surface area contributed by atoms with E-state index in [1.54, 1.807) is 4.52 Å². The molecule has 0 radical (unpaired) electrons. The van der Waals surface area contributed by atoms with Crippen LogP contribution in [0.25, 0.3) is 16.6 Å². The molecular formula is C25H21ClF5N7O2. The molecule has 1 aliphatic rings. The largest absolute Gasteiger partial charge is 0.416 e. The van der Waals surface area contributed by atoms with Crippen molar-refractivity contribution in [3.63, 3.8) is 0 Å². The molecule has 1 saturated heterocycles. The highest BCUT2D eigenvalue weighted by Crippen LogP contribution is 2.40. The van der Waals surface area contributed by atoms with Crippen LogP contribution in [0.15, 0.2) is 42.7 Å². The fourth-order valence-corrected chi connectivity index (χ4v) is 4.70. The number of hydrogen-bond donors (Lipinski definition) is 3. The number of amides is 2. The molecule has 0 unspecified atom stereocenters. The summed E-state index contributed by atoms with van der Waals surface area (Å²) < 4.78 is 74.9. The van der Waals surface area contributed by atoms with Crippen molar-refractivity contribution in [3.8, 4) is 11.1 Å². The molecule has 5 rings (SSSR count). The average Bonchev–Trinajstić information content (AvgIpc) is 3.19. The Bertz CT molecular complexity index is 1590. The zero-order chi connectivity index (χ0) is 28.6. The lowest BCUT2D eigenvalue weighted by molar-refractivity contribution is -0.137. The summed E-state index contributed by atoms with van der Waals surface area (Å²) in [6.07, 6.45) is -3.46. The van der Waals surface area contributed by atoms with Crippen LogP contribution in [0.2, 0.25) is 5.02 Å². The number of hydrogen-bond acceptors (Lipinski definition) is 6. The van der Waals surface area contributed by atoms with Crippen LogP contribution < -0.4 is 16.4 Å². The molecule has 2 amide bonds. The van der Waals surface area contributed by atoms with Crippen molar-refractivity contribution >= 4 is 40.3 Å². The van der Waals surface area contributed by atoms with Crippen LogP contribution in [-0.2, 0) is 17.5 Å². The van der Waals surface area contributed by atoms with E-state index in [2.05, 4.69) is 20.3 Å². The number of nitrogens with zero attached hydrogens (tertiary/aromatic N) is 4. The van der Waals surface area contributed by atoms with Gasteiger partial charge in [0.05, 0.1) is 40.9 Å².